The van der Waals surface area contributed by atoms with E-state index in [0.29, 0.717) is 5.57 Å². The summed E-state index contributed by atoms with van der Waals surface area (Å²) in [6.07, 6.45) is 0.990. The molecule has 0 N–H and O–H groups in total. The van der Waals surface area contributed by atoms with Gasteiger partial charge in [-0.3, -0.25) is 0 Å². The maximum absolute atomic E-state index is 11.2. The molecule has 0 radical (unpaired) electrons. The first kappa shape index (κ1) is 10.3. The molecule has 0 saturated carbocycles. The Balaban J connectivity index is 2.40. The van der Waals surface area contributed by atoms with Crippen LogP contribution in [0.4, 0.5) is 0 Å². The van der Waals surface area contributed by atoms with Crippen molar-refractivity contribution in [2.24, 2.45) is 0 Å². The van der Waals surface area contributed by atoms with Crippen LogP contribution in [0.5, 0.6) is 0 Å². The molecule has 1 fully saturated rings. The predicted molar refractivity (Wildman–Crippen MR) is 49.3 cm³/mol. The molecule has 0 aromatic rings. The largest absolute Gasteiger partial charge is 0.456 e. The molecule has 0 aromatic heterocycles. The third kappa shape index (κ3) is 2.56. The summed E-state index contributed by atoms with van der Waals surface area (Å²) < 4.78 is 10.4. The van der Waals surface area contributed by atoms with Crippen LogP contribution in [0.25, 0.3) is 0 Å². The number of esters is 1. The molecule has 1 aliphatic rings. The second kappa shape index (κ2) is 3.92. The summed E-state index contributed by atoms with van der Waals surface area (Å²) in [5.41, 5.74) is 0.437. The Bertz CT molecular complexity index is 222. The molecule has 0 aliphatic carbocycles. The lowest BCUT2D eigenvalue weighted by Gasteiger charge is -2.13. The average Bonchev–Trinajstić information content (AvgIpc) is 2.77. The molecule has 3 nitrogen and oxygen atoms in total. The third-order valence-electron chi connectivity index (χ3n) is 2.13. The highest BCUT2D eigenvalue weighted by Crippen LogP contribution is 2.28. The zero-order valence-corrected chi connectivity index (χ0v) is 8.37. The van der Waals surface area contributed by atoms with E-state index in [2.05, 4.69) is 6.58 Å². The fraction of sp³-hybridized carbons (Fsp3) is 0.700. The molecule has 74 valence electrons. The number of carbonyl (C=O) groups is 1. The minimum atomic E-state index is -0.324. The molecule has 0 amide bonds. The molecule has 0 spiro atoms. The molecule has 13 heavy (non-hydrogen) atoms. The van der Waals surface area contributed by atoms with Crippen molar-refractivity contribution < 1.29 is 14.3 Å². The van der Waals surface area contributed by atoms with E-state index < -0.39 is 0 Å². The molecule has 1 saturated heterocycles. The van der Waals surface area contributed by atoms with Gasteiger partial charge in [0, 0.05) is 5.57 Å². The monoisotopic (exact) mass is 184 g/mol. The van der Waals surface area contributed by atoms with Gasteiger partial charge in [-0.2, -0.15) is 0 Å². The zero-order valence-electron chi connectivity index (χ0n) is 8.37. The van der Waals surface area contributed by atoms with E-state index in [0.717, 1.165) is 6.42 Å². The Hall–Kier alpha value is -0.830. The molecule has 3 heteroatoms. The SMILES string of the molecule is C=C(C)C(=O)OC(CC)C1OC1C. The summed E-state index contributed by atoms with van der Waals surface area (Å²) in [6, 6.07) is 0. The van der Waals surface area contributed by atoms with Gasteiger partial charge >= 0.3 is 5.97 Å². The van der Waals surface area contributed by atoms with E-state index in [1.54, 1.807) is 6.92 Å². The summed E-state index contributed by atoms with van der Waals surface area (Å²) in [5.74, 6) is -0.324. The topological polar surface area (TPSA) is 38.8 Å². The van der Waals surface area contributed by atoms with Gasteiger partial charge in [0.25, 0.3) is 0 Å². The highest BCUT2D eigenvalue weighted by molar-refractivity contribution is 5.87. The van der Waals surface area contributed by atoms with Crippen molar-refractivity contribution in [1.82, 2.24) is 0 Å². The average molecular weight is 184 g/mol. The number of hydrogen-bond acceptors (Lipinski definition) is 3. The van der Waals surface area contributed by atoms with Gasteiger partial charge in [0.2, 0.25) is 0 Å². The van der Waals surface area contributed by atoms with Gasteiger partial charge < -0.3 is 9.47 Å². The van der Waals surface area contributed by atoms with Crippen LogP contribution in [0.1, 0.15) is 27.2 Å². The fourth-order valence-corrected chi connectivity index (χ4v) is 1.21. The second-order valence-electron chi connectivity index (χ2n) is 3.44. The maximum atomic E-state index is 11.2. The number of hydrogen-bond donors (Lipinski definition) is 0. The van der Waals surface area contributed by atoms with Gasteiger partial charge in [0.05, 0.1) is 6.10 Å². The van der Waals surface area contributed by atoms with Crippen LogP contribution in [0.15, 0.2) is 12.2 Å². The Morgan fingerprint density at radius 1 is 1.69 bits per heavy atom. The van der Waals surface area contributed by atoms with Crippen LogP contribution in [0.2, 0.25) is 0 Å². The Kier molecular flexibility index (Phi) is 3.09. The van der Waals surface area contributed by atoms with Crippen LogP contribution in [0.3, 0.4) is 0 Å². The number of carbonyl (C=O) groups excluding carboxylic acids is 1. The van der Waals surface area contributed by atoms with E-state index in [9.17, 15) is 4.79 Å². The second-order valence-corrected chi connectivity index (χ2v) is 3.44. The van der Waals surface area contributed by atoms with Crippen molar-refractivity contribution in [2.45, 2.75) is 45.5 Å². The normalized spacial score (nSPS) is 27.9. The van der Waals surface area contributed by atoms with E-state index in [1.807, 2.05) is 13.8 Å². The predicted octanol–water partition coefficient (Wildman–Crippen LogP) is 1.67. The molecule has 1 rings (SSSR count). The minimum Gasteiger partial charge on any atom is -0.456 e. The van der Waals surface area contributed by atoms with Gasteiger partial charge in [-0.15, -0.1) is 0 Å². The highest BCUT2D eigenvalue weighted by Gasteiger charge is 2.42. The van der Waals surface area contributed by atoms with E-state index in [1.165, 1.54) is 0 Å². The molecule has 3 atom stereocenters. The number of ether oxygens (including phenoxy) is 2. The standard InChI is InChI=1S/C10H16O3/c1-5-8(9-7(4)12-9)13-10(11)6(2)3/h7-9H,2,5H2,1,3-4H3. The summed E-state index contributed by atoms with van der Waals surface area (Å²) in [7, 11) is 0. The van der Waals surface area contributed by atoms with Crippen LogP contribution in [0, 0.1) is 0 Å². The van der Waals surface area contributed by atoms with Crippen molar-refractivity contribution in [3.63, 3.8) is 0 Å². The minimum absolute atomic E-state index is 0.0910. The summed E-state index contributed by atoms with van der Waals surface area (Å²) in [6.45, 7) is 9.12. The lowest BCUT2D eigenvalue weighted by Crippen LogP contribution is -2.24. The summed E-state index contributed by atoms with van der Waals surface area (Å²) in [4.78, 5) is 11.2. The zero-order chi connectivity index (χ0) is 10.0. The van der Waals surface area contributed by atoms with Crippen molar-refractivity contribution >= 4 is 5.97 Å². The Morgan fingerprint density at radius 2 is 2.23 bits per heavy atom. The Morgan fingerprint density at radius 3 is 2.54 bits per heavy atom. The lowest BCUT2D eigenvalue weighted by molar-refractivity contribution is -0.145. The van der Waals surface area contributed by atoms with Crippen molar-refractivity contribution in [3.05, 3.63) is 12.2 Å². The maximum Gasteiger partial charge on any atom is 0.333 e. The summed E-state index contributed by atoms with van der Waals surface area (Å²) in [5, 5.41) is 0. The molecular formula is C10H16O3. The van der Waals surface area contributed by atoms with Gasteiger partial charge in [0.1, 0.15) is 12.2 Å². The first-order chi connectivity index (χ1) is 6.06. The first-order valence-corrected chi connectivity index (χ1v) is 4.58. The molecule has 1 heterocycles. The van der Waals surface area contributed by atoms with Crippen LogP contribution in [-0.4, -0.2) is 24.3 Å². The number of rotatable bonds is 4. The van der Waals surface area contributed by atoms with Crippen LogP contribution in [-0.2, 0) is 14.3 Å². The first-order valence-electron chi connectivity index (χ1n) is 4.58. The molecule has 0 aromatic carbocycles. The molecular weight excluding hydrogens is 168 g/mol. The number of epoxide rings is 1. The highest BCUT2D eigenvalue weighted by atomic mass is 16.6. The third-order valence-corrected chi connectivity index (χ3v) is 2.13. The van der Waals surface area contributed by atoms with E-state index in [-0.39, 0.29) is 24.3 Å². The van der Waals surface area contributed by atoms with Crippen molar-refractivity contribution in [1.29, 1.82) is 0 Å². The molecule has 3 unspecified atom stereocenters. The molecule has 0 bridgehead atoms. The van der Waals surface area contributed by atoms with Crippen molar-refractivity contribution in [2.75, 3.05) is 0 Å². The lowest BCUT2D eigenvalue weighted by atomic mass is 10.1. The van der Waals surface area contributed by atoms with Crippen LogP contribution < -0.4 is 0 Å². The van der Waals surface area contributed by atoms with Gasteiger partial charge in [0.15, 0.2) is 0 Å². The van der Waals surface area contributed by atoms with Gasteiger partial charge in [-0.25, -0.2) is 4.79 Å². The quantitative estimate of drug-likeness (QED) is 0.379. The molecule has 1 aliphatic heterocycles. The van der Waals surface area contributed by atoms with Crippen LogP contribution >= 0.6 is 0 Å². The summed E-state index contributed by atoms with van der Waals surface area (Å²) >= 11 is 0. The van der Waals surface area contributed by atoms with E-state index >= 15 is 0 Å². The van der Waals surface area contributed by atoms with Gasteiger partial charge in [-0.1, -0.05) is 13.5 Å². The fourth-order valence-electron chi connectivity index (χ4n) is 1.21. The smallest absolute Gasteiger partial charge is 0.333 e. The Labute approximate surface area is 78.7 Å². The van der Waals surface area contributed by atoms with Crippen molar-refractivity contribution in [3.8, 4) is 0 Å². The van der Waals surface area contributed by atoms with E-state index in [4.69, 9.17) is 9.47 Å². The van der Waals surface area contributed by atoms with Gasteiger partial charge in [-0.05, 0) is 20.3 Å².